The van der Waals surface area contributed by atoms with Crippen LogP contribution in [0.25, 0.3) is 0 Å². The first-order valence-corrected chi connectivity index (χ1v) is 6.33. The van der Waals surface area contributed by atoms with E-state index in [1.54, 1.807) is 6.26 Å². The van der Waals surface area contributed by atoms with E-state index >= 15 is 0 Å². The maximum absolute atomic E-state index is 5.65. The highest BCUT2D eigenvalue weighted by Crippen LogP contribution is 2.15. The fraction of sp³-hybridized carbons (Fsp3) is 0.692. The zero-order valence-electron chi connectivity index (χ0n) is 10.7. The maximum atomic E-state index is 5.65. The molecular weight excluding hydrogens is 216 g/mol. The zero-order valence-corrected chi connectivity index (χ0v) is 10.7. The second kappa shape index (κ2) is 6.19. The molecule has 0 spiro atoms. The van der Waals surface area contributed by atoms with Gasteiger partial charge in [-0.2, -0.15) is 0 Å². The highest BCUT2D eigenvalue weighted by Gasteiger charge is 2.17. The first kappa shape index (κ1) is 12.6. The van der Waals surface area contributed by atoms with Crippen LogP contribution in [0, 0.1) is 0 Å². The Morgan fingerprint density at radius 2 is 2.41 bits per heavy atom. The number of nitrogens with zero attached hydrogens (tertiary/aromatic N) is 1. The molecule has 0 bridgehead atoms. The van der Waals surface area contributed by atoms with Crippen molar-refractivity contribution in [3.8, 4) is 0 Å². The Labute approximate surface area is 103 Å². The van der Waals surface area contributed by atoms with Gasteiger partial charge >= 0.3 is 0 Å². The fourth-order valence-corrected chi connectivity index (χ4v) is 2.29. The highest BCUT2D eigenvalue weighted by molar-refractivity contribution is 5.16. The monoisotopic (exact) mass is 238 g/mol. The summed E-state index contributed by atoms with van der Waals surface area (Å²) in [7, 11) is 1.94. The lowest BCUT2D eigenvalue weighted by Gasteiger charge is -2.21. The van der Waals surface area contributed by atoms with Gasteiger partial charge in [-0.25, -0.2) is 0 Å². The number of nitrogens with one attached hydrogen (secondary N) is 1. The van der Waals surface area contributed by atoms with Crippen molar-refractivity contribution >= 4 is 0 Å². The molecule has 4 heteroatoms. The quantitative estimate of drug-likeness (QED) is 0.865. The predicted octanol–water partition coefficient (Wildman–Crippen LogP) is 1.61. The lowest BCUT2D eigenvalue weighted by atomic mass is 10.2. The molecule has 96 valence electrons. The summed E-state index contributed by atoms with van der Waals surface area (Å²) >= 11 is 0. The molecule has 4 nitrogen and oxygen atoms in total. The molecule has 2 rings (SSSR count). The first-order chi connectivity index (χ1) is 8.29. The molecule has 17 heavy (non-hydrogen) atoms. The average molecular weight is 238 g/mol. The molecule has 1 saturated heterocycles. The van der Waals surface area contributed by atoms with Gasteiger partial charge in [-0.3, -0.25) is 4.90 Å². The second-order valence-corrected chi connectivity index (χ2v) is 4.67. The number of rotatable bonds is 4. The molecule has 1 atom stereocenters. The Kier molecular flexibility index (Phi) is 4.59. The molecule has 0 aromatic carbocycles. The third-order valence-corrected chi connectivity index (χ3v) is 3.11. The van der Waals surface area contributed by atoms with Crippen LogP contribution in [0.5, 0.6) is 0 Å². The fourth-order valence-electron chi connectivity index (χ4n) is 2.29. The molecule has 0 amide bonds. The van der Waals surface area contributed by atoms with E-state index in [0.717, 1.165) is 45.0 Å². The third kappa shape index (κ3) is 3.56. The lowest BCUT2D eigenvalue weighted by molar-refractivity contribution is 0.0667. The molecule has 0 saturated carbocycles. The summed E-state index contributed by atoms with van der Waals surface area (Å²) in [6.45, 7) is 6.89. The summed E-state index contributed by atoms with van der Waals surface area (Å²) in [4.78, 5) is 2.45. The highest BCUT2D eigenvalue weighted by atomic mass is 16.5. The van der Waals surface area contributed by atoms with Crippen molar-refractivity contribution in [2.24, 2.45) is 0 Å². The molecule has 1 aliphatic rings. The van der Waals surface area contributed by atoms with E-state index in [2.05, 4.69) is 23.2 Å². The van der Waals surface area contributed by atoms with Crippen molar-refractivity contribution in [2.75, 3.05) is 26.7 Å². The average Bonchev–Trinajstić information content (AvgIpc) is 2.61. The molecule has 1 N–H and O–H groups in total. The Morgan fingerprint density at radius 3 is 3.24 bits per heavy atom. The van der Waals surface area contributed by atoms with Crippen LogP contribution in [0.1, 0.15) is 24.7 Å². The van der Waals surface area contributed by atoms with Crippen LogP contribution in [0.2, 0.25) is 0 Å². The Morgan fingerprint density at radius 1 is 1.53 bits per heavy atom. The van der Waals surface area contributed by atoms with Crippen LogP contribution in [0.4, 0.5) is 0 Å². The van der Waals surface area contributed by atoms with Gasteiger partial charge in [0.15, 0.2) is 0 Å². The van der Waals surface area contributed by atoms with Gasteiger partial charge in [-0.15, -0.1) is 0 Å². The van der Waals surface area contributed by atoms with Crippen LogP contribution in [0.3, 0.4) is 0 Å². The third-order valence-electron chi connectivity index (χ3n) is 3.11. The molecule has 1 aliphatic heterocycles. The van der Waals surface area contributed by atoms with Crippen molar-refractivity contribution in [1.29, 1.82) is 0 Å². The van der Waals surface area contributed by atoms with E-state index in [4.69, 9.17) is 9.15 Å². The number of hydrogen-bond donors (Lipinski definition) is 1. The van der Waals surface area contributed by atoms with Gasteiger partial charge in [0.2, 0.25) is 0 Å². The Balaban J connectivity index is 1.96. The van der Waals surface area contributed by atoms with Crippen LogP contribution in [-0.4, -0.2) is 37.7 Å². The van der Waals surface area contributed by atoms with Crippen molar-refractivity contribution in [1.82, 2.24) is 10.2 Å². The summed E-state index contributed by atoms with van der Waals surface area (Å²) in [6.07, 6.45) is 3.22. The van der Waals surface area contributed by atoms with Crippen LogP contribution in [0.15, 0.2) is 16.7 Å². The standard InChI is InChI=1S/C13H22N2O2/c1-11-9-15(5-3-6-16-11)10-12-4-7-17-13(12)8-14-2/h4,7,11,14H,3,5-6,8-10H2,1-2H3. The summed E-state index contributed by atoms with van der Waals surface area (Å²) in [6, 6.07) is 2.07. The minimum absolute atomic E-state index is 0.331. The van der Waals surface area contributed by atoms with Crippen LogP contribution < -0.4 is 5.32 Å². The SMILES string of the molecule is CNCc1occc1CN1CCCOC(C)C1. The van der Waals surface area contributed by atoms with E-state index in [-0.39, 0.29) is 0 Å². The van der Waals surface area contributed by atoms with Crippen LogP contribution in [-0.2, 0) is 17.8 Å². The summed E-state index contributed by atoms with van der Waals surface area (Å²) in [5.74, 6) is 1.05. The van der Waals surface area contributed by atoms with E-state index in [9.17, 15) is 0 Å². The minimum atomic E-state index is 0.331. The van der Waals surface area contributed by atoms with Gasteiger partial charge < -0.3 is 14.5 Å². The number of furan rings is 1. The van der Waals surface area contributed by atoms with Crippen molar-refractivity contribution in [3.63, 3.8) is 0 Å². The molecule has 1 aromatic rings. The van der Waals surface area contributed by atoms with Crippen LogP contribution >= 0.6 is 0 Å². The molecule has 2 heterocycles. The van der Waals surface area contributed by atoms with Gasteiger partial charge in [-0.05, 0) is 26.5 Å². The predicted molar refractivity (Wildman–Crippen MR) is 66.8 cm³/mol. The smallest absolute Gasteiger partial charge is 0.122 e. The van der Waals surface area contributed by atoms with Gasteiger partial charge in [0, 0.05) is 31.8 Å². The number of ether oxygens (including phenoxy) is 1. The molecule has 0 radical (unpaired) electrons. The van der Waals surface area contributed by atoms with Gasteiger partial charge in [0.05, 0.1) is 18.9 Å². The van der Waals surface area contributed by atoms with E-state index in [1.165, 1.54) is 5.56 Å². The van der Waals surface area contributed by atoms with Gasteiger partial charge in [0.25, 0.3) is 0 Å². The van der Waals surface area contributed by atoms with Crippen molar-refractivity contribution < 1.29 is 9.15 Å². The molecule has 1 fully saturated rings. The second-order valence-electron chi connectivity index (χ2n) is 4.67. The van der Waals surface area contributed by atoms with E-state index in [0.29, 0.717) is 6.10 Å². The van der Waals surface area contributed by atoms with Gasteiger partial charge in [0.1, 0.15) is 5.76 Å². The Bertz CT molecular complexity index is 338. The summed E-state index contributed by atoms with van der Waals surface area (Å²) in [5, 5.41) is 3.13. The lowest BCUT2D eigenvalue weighted by Crippen LogP contribution is -2.30. The molecule has 1 aromatic heterocycles. The molecular formula is C13H22N2O2. The zero-order chi connectivity index (χ0) is 12.1. The molecule has 1 unspecified atom stereocenters. The minimum Gasteiger partial charge on any atom is -0.468 e. The Hall–Kier alpha value is -0.840. The first-order valence-electron chi connectivity index (χ1n) is 6.33. The van der Waals surface area contributed by atoms with E-state index < -0.39 is 0 Å². The van der Waals surface area contributed by atoms with Gasteiger partial charge in [-0.1, -0.05) is 0 Å². The van der Waals surface area contributed by atoms with Crippen molar-refractivity contribution in [3.05, 3.63) is 23.7 Å². The summed E-state index contributed by atoms with van der Waals surface area (Å²) < 4.78 is 11.1. The van der Waals surface area contributed by atoms with E-state index in [1.807, 2.05) is 7.05 Å². The maximum Gasteiger partial charge on any atom is 0.122 e. The topological polar surface area (TPSA) is 37.6 Å². The normalized spacial score (nSPS) is 22.6. The molecule has 0 aliphatic carbocycles. The largest absolute Gasteiger partial charge is 0.468 e. The summed E-state index contributed by atoms with van der Waals surface area (Å²) in [5.41, 5.74) is 1.29. The number of hydrogen-bond acceptors (Lipinski definition) is 4. The van der Waals surface area contributed by atoms with Crippen molar-refractivity contribution in [2.45, 2.75) is 32.5 Å².